The number of carbonyl (C=O) groups is 1. The number of ether oxygens (including phenoxy) is 1. The van der Waals surface area contributed by atoms with E-state index in [9.17, 15) is 9.90 Å². The van der Waals surface area contributed by atoms with E-state index in [0.717, 1.165) is 0 Å². The van der Waals surface area contributed by atoms with Gasteiger partial charge in [-0.3, -0.25) is 0 Å². The molecular formula is C16H32O4Si. The zero-order valence-corrected chi connectivity index (χ0v) is 15.7. The molecule has 0 aliphatic carbocycles. The Morgan fingerprint density at radius 3 is 2.38 bits per heavy atom. The van der Waals surface area contributed by atoms with Gasteiger partial charge in [0.15, 0.2) is 8.32 Å². The van der Waals surface area contributed by atoms with Crippen LogP contribution >= 0.6 is 0 Å². The van der Waals surface area contributed by atoms with Gasteiger partial charge in [0.05, 0.1) is 19.3 Å². The Hall–Kier alpha value is -0.653. The minimum Gasteiger partial charge on any atom is -0.463 e. The molecule has 0 aliphatic rings. The van der Waals surface area contributed by atoms with E-state index >= 15 is 0 Å². The zero-order valence-electron chi connectivity index (χ0n) is 14.7. The summed E-state index contributed by atoms with van der Waals surface area (Å²) in [5, 5.41) is 10.1. The molecule has 0 spiro atoms. The number of aliphatic hydroxyl groups is 1. The quantitative estimate of drug-likeness (QED) is 0.422. The van der Waals surface area contributed by atoms with Crippen molar-refractivity contribution in [2.45, 2.75) is 71.7 Å². The van der Waals surface area contributed by atoms with Crippen LogP contribution in [0.2, 0.25) is 18.1 Å². The summed E-state index contributed by atoms with van der Waals surface area (Å²) in [5.74, 6) is -0.287. The second kappa shape index (κ2) is 8.71. The van der Waals surface area contributed by atoms with Crippen LogP contribution in [0.4, 0.5) is 0 Å². The molecule has 0 saturated heterocycles. The van der Waals surface area contributed by atoms with Crippen molar-refractivity contribution in [3.8, 4) is 0 Å². The minimum atomic E-state index is -1.81. The van der Waals surface area contributed by atoms with Crippen molar-refractivity contribution in [2.75, 3.05) is 13.2 Å². The molecule has 0 fully saturated rings. The first-order valence-corrected chi connectivity index (χ1v) is 10.6. The van der Waals surface area contributed by atoms with Gasteiger partial charge in [0.1, 0.15) is 0 Å². The second-order valence-corrected chi connectivity index (χ2v) is 11.7. The smallest absolute Gasteiger partial charge is 0.333 e. The van der Waals surface area contributed by atoms with E-state index in [4.69, 9.17) is 9.16 Å². The molecule has 21 heavy (non-hydrogen) atoms. The van der Waals surface area contributed by atoms with Crippen LogP contribution in [-0.2, 0) is 14.0 Å². The molecular weight excluding hydrogens is 284 g/mol. The van der Waals surface area contributed by atoms with Crippen LogP contribution in [0.25, 0.3) is 0 Å². The van der Waals surface area contributed by atoms with Crippen LogP contribution in [0.3, 0.4) is 0 Å². The maximum absolute atomic E-state index is 11.4. The van der Waals surface area contributed by atoms with E-state index in [2.05, 4.69) is 33.9 Å². The Labute approximate surface area is 130 Å². The summed E-state index contributed by atoms with van der Waals surface area (Å²) in [6.07, 6.45) is 2.55. The highest BCUT2D eigenvalue weighted by Crippen LogP contribution is 2.36. The molecule has 5 heteroatoms. The maximum atomic E-state index is 11.4. The molecule has 1 N–H and O–H groups in total. The molecule has 0 bridgehead atoms. The molecule has 0 rings (SSSR count). The normalized spacial score (nSPS) is 15.0. The third-order valence-corrected chi connectivity index (χ3v) is 8.49. The molecule has 0 aromatic rings. The van der Waals surface area contributed by atoms with Gasteiger partial charge in [-0.2, -0.15) is 0 Å². The van der Waals surface area contributed by atoms with Gasteiger partial charge in [0, 0.05) is 5.57 Å². The van der Waals surface area contributed by atoms with Gasteiger partial charge in [-0.15, -0.1) is 0 Å². The van der Waals surface area contributed by atoms with E-state index < -0.39 is 14.4 Å². The highest BCUT2D eigenvalue weighted by Gasteiger charge is 2.37. The number of esters is 1. The van der Waals surface area contributed by atoms with E-state index in [1.165, 1.54) is 0 Å². The summed E-state index contributed by atoms with van der Waals surface area (Å²) in [6, 6.07) is 0. The summed E-state index contributed by atoms with van der Waals surface area (Å²) in [7, 11) is -1.81. The first-order chi connectivity index (χ1) is 9.51. The number of hydrogen-bond acceptors (Lipinski definition) is 4. The Morgan fingerprint density at radius 2 is 1.90 bits per heavy atom. The lowest BCUT2D eigenvalue weighted by atomic mass is 10.1. The molecule has 0 aliphatic heterocycles. The van der Waals surface area contributed by atoms with Gasteiger partial charge >= 0.3 is 5.97 Å². The molecule has 0 aromatic heterocycles. The SMILES string of the molecule is CCOC(=O)/C(C)=C/CC[C@H](O)CO[Si](C)(C)C(C)(C)C. The molecule has 0 aromatic carbocycles. The van der Waals surface area contributed by atoms with E-state index in [-0.39, 0.29) is 11.0 Å². The molecule has 0 radical (unpaired) electrons. The number of rotatable bonds is 8. The molecule has 1 atom stereocenters. The lowest BCUT2D eigenvalue weighted by Gasteiger charge is -2.36. The monoisotopic (exact) mass is 316 g/mol. The van der Waals surface area contributed by atoms with E-state index in [1.807, 2.05) is 6.08 Å². The Kier molecular flexibility index (Phi) is 8.44. The fourth-order valence-electron chi connectivity index (χ4n) is 1.42. The van der Waals surface area contributed by atoms with Gasteiger partial charge in [0.2, 0.25) is 0 Å². The van der Waals surface area contributed by atoms with Crippen molar-refractivity contribution in [2.24, 2.45) is 0 Å². The third kappa shape index (κ3) is 7.78. The average Bonchev–Trinajstić information content (AvgIpc) is 2.35. The highest BCUT2D eigenvalue weighted by atomic mass is 28.4. The first kappa shape index (κ1) is 20.3. The van der Waals surface area contributed by atoms with Crippen LogP contribution in [0.5, 0.6) is 0 Å². The standard InChI is InChI=1S/C16H32O4Si/c1-8-19-15(18)13(2)10-9-11-14(17)12-20-21(6,7)16(3,4)5/h10,14,17H,8-9,11-12H2,1-7H3/b13-10+/t14-/m0/s1. The number of allylic oxidation sites excluding steroid dienone is 1. The van der Waals surface area contributed by atoms with E-state index in [0.29, 0.717) is 31.6 Å². The van der Waals surface area contributed by atoms with Crippen LogP contribution in [0.1, 0.15) is 47.5 Å². The van der Waals surface area contributed by atoms with Crippen molar-refractivity contribution in [1.82, 2.24) is 0 Å². The van der Waals surface area contributed by atoms with Crippen LogP contribution < -0.4 is 0 Å². The molecule has 124 valence electrons. The van der Waals surface area contributed by atoms with Crippen molar-refractivity contribution in [3.05, 3.63) is 11.6 Å². The molecule has 0 saturated carbocycles. The highest BCUT2D eigenvalue weighted by molar-refractivity contribution is 6.74. The predicted molar refractivity (Wildman–Crippen MR) is 88.8 cm³/mol. The van der Waals surface area contributed by atoms with Crippen LogP contribution in [0, 0.1) is 0 Å². The van der Waals surface area contributed by atoms with Crippen molar-refractivity contribution in [1.29, 1.82) is 0 Å². The van der Waals surface area contributed by atoms with Gasteiger partial charge < -0.3 is 14.3 Å². The molecule has 0 heterocycles. The van der Waals surface area contributed by atoms with Gasteiger partial charge in [-0.1, -0.05) is 26.8 Å². The number of hydrogen-bond donors (Lipinski definition) is 1. The lowest BCUT2D eigenvalue weighted by molar-refractivity contribution is -0.138. The fraction of sp³-hybridized carbons (Fsp3) is 0.812. The summed E-state index contributed by atoms with van der Waals surface area (Å²) in [5.41, 5.74) is 0.592. The molecule has 4 nitrogen and oxygen atoms in total. The average molecular weight is 317 g/mol. The molecule has 0 unspecified atom stereocenters. The topological polar surface area (TPSA) is 55.8 Å². The van der Waals surface area contributed by atoms with Gasteiger partial charge in [-0.25, -0.2) is 4.79 Å². The van der Waals surface area contributed by atoms with Crippen molar-refractivity contribution >= 4 is 14.3 Å². The van der Waals surface area contributed by atoms with Crippen LogP contribution in [-0.4, -0.2) is 38.7 Å². The Bertz CT molecular complexity index is 356. The van der Waals surface area contributed by atoms with Crippen LogP contribution in [0.15, 0.2) is 11.6 Å². The predicted octanol–water partition coefficient (Wildman–Crippen LogP) is 3.66. The second-order valence-electron chi connectivity index (χ2n) is 6.91. The Balaban J connectivity index is 4.15. The minimum absolute atomic E-state index is 0.146. The number of aliphatic hydroxyl groups excluding tert-OH is 1. The maximum Gasteiger partial charge on any atom is 0.333 e. The van der Waals surface area contributed by atoms with Gasteiger partial charge in [-0.05, 0) is 44.8 Å². The summed E-state index contributed by atoms with van der Waals surface area (Å²) in [6.45, 7) is 15.1. The summed E-state index contributed by atoms with van der Waals surface area (Å²) >= 11 is 0. The summed E-state index contributed by atoms with van der Waals surface area (Å²) < 4.78 is 10.9. The Morgan fingerprint density at radius 1 is 1.33 bits per heavy atom. The molecule has 0 amide bonds. The lowest BCUT2D eigenvalue weighted by Crippen LogP contribution is -2.42. The first-order valence-electron chi connectivity index (χ1n) is 7.67. The summed E-state index contributed by atoms with van der Waals surface area (Å²) in [4.78, 5) is 11.4. The van der Waals surface area contributed by atoms with Crippen molar-refractivity contribution in [3.63, 3.8) is 0 Å². The fourth-order valence-corrected chi connectivity index (χ4v) is 2.47. The zero-order chi connectivity index (χ0) is 16.7. The third-order valence-electron chi connectivity index (χ3n) is 3.99. The number of carbonyl (C=O) groups excluding carboxylic acids is 1. The van der Waals surface area contributed by atoms with E-state index in [1.54, 1.807) is 13.8 Å². The van der Waals surface area contributed by atoms with Gasteiger partial charge in [0.25, 0.3) is 0 Å². The largest absolute Gasteiger partial charge is 0.463 e. The van der Waals surface area contributed by atoms with Crippen molar-refractivity contribution < 1.29 is 19.1 Å².